The lowest BCUT2D eigenvalue weighted by molar-refractivity contribution is -0.0493. The van der Waals surface area contributed by atoms with E-state index in [9.17, 15) is 13.6 Å². The lowest BCUT2D eigenvalue weighted by atomic mass is 10.2. The van der Waals surface area contributed by atoms with Gasteiger partial charge in [0.25, 0.3) is 5.91 Å². The van der Waals surface area contributed by atoms with Gasteiger partial charge in [0.15, 0.2) is 5.65 Å². The zero-order valence-corrected chi connectivity index (χ0v) is 13.6. The van der Waals surface area contributed by atoms with Crippen LogP contribution >= 0.6 is 0 Å². The molecule has 0 atom stereocenters. The summed E-state index contributed by atoms with van der Waals surface area (Å²) in [6.07, 6.45) is 3.06. The Morgan fingerprint density at radius 1 is 1.24 bits per heavy atom. The zero-order chi connectivity index (χ0) is 18.0. The number of nitrogens with zero attached hydrogens (tertiary/aromatic N) is 3. The summed E-state index contributed by atoms with van der Waals surface area (Å²) in [5.41, 5.74) is 1.13. The van der Waals surface area contributed by atoms with Gasteiger partial charge in [0.2, 0.25) is 0 Å². The van der Waals surface area contributed by atoms with Crippen LogP contribution in [0.3, 0.4) is 0 Å². The first kappa shape index (κ1) is 16.8. The van der Waals surface area contributed by atoms with E-state index in [2.05, 4.69) is 20.1 Å². The van der Waals surface area contributed by atoms with Crippen LogP contribution in [0.25, 0.3) is 11.0 Å². The van der Waals surface area contributed by atoms with Crippen molar-refractivity contribution in [3.8, 4) is 5.75 Å². The molecule has 3 rings (SSSR count). The van der Waals surface area contributed by atoms with E-state index < -0.39 is 12.5 Å². The van der Waals surface area contributed by atoms with Gasteiger partial charge in [0.1, 0.15) is 5.75 Å². The first-order valence-electron chi connectivity index (χ1n) is 7.64. The molecule has 0 saturated heterocycles. The normalized spacial score (nSPS) is 11.3. The number of alkyl halides is 2. The van der Waals surface area contributed by atoms with Gasteiger partial charge in [-0.3, -0.25) is 4.79 Å². The van der Waals surface area contributed by atoms with Crippen molar-refractivity contribution in [1.29, 1.82) is 0 Å². The van der Waals surface area contributed by atoms with E-state index in [0.717, 1.165) is 5.39 Å². The second-order valence-electron chi connectivity index (χ2n) is 5.65. The lowest BCUT2D eigenvalue weighted by Gasteiger charge is -2.11. The number of fused-ring (bicyclic) bond motifs is 1. The van der Waals surface area contributed by atoms with Gasteiger partial charge in [-0.15, -0.1) is 0 Å². The Kier molecular flexibility index (Phi) is 4.60. The molecule has 1 amide bonds. The Morgan fingerprint density at radius 2 is 2.00 bits per heavy atom. The van der Waals surface area contributed by atoms with E-state index in [1.54, 1.807) is 29.1 Å². The predicted molar refractivity (Wildman–Crippen MR) is 88.9 cm³/mol. The molecule has 0 aliphatic carbocycles. The van der Waals surface area contributed by atoms with Crippen molar-refractivity contribution in [1.82, 2.24) is 14.8 Å². The average Bonchev–Trinajstić information content (AvgIpc) is 2.99. The molecule has 2 heterocycles. The largest absolute Gasteiger partial charge is 0.433 e. The number of hydrogen-bond acceptors (Lipinski definition) is 4. The lowest BCUT2D eigenvalue weighted by Crippen LogP contribution is -2.14. The number of hydrogen-bond donors (Lipinski definition) is 1. The monoisotopic (exact) mass is 346 g/mol. The Balaban J connectivity index is 1.86. The van der Waals surface area contributed by atoms with Crippen LogP contribution in [0.5, 0.6) is 5.75 Å². The molecular weight excluding hydrogens is 330 g/mol. The van der Waals surface area contributed by atoms with Crippen molar-refractivity contribution < 1.29 is 18.3 Å². The molecule has 1 aromatic carbocycles. The number of aromatic nitrogens is 3. The molecule has 0 radical (unpaired) electrons. The minimum absolute atomic E-state index is 0.104. The van der Waals surface area contributed by atoms with Gasteiger partial charge in [-0.25, -0.2) is 9.67 Å². The topological polar surface area (TPSA) is 69.0 Å². The molecule has 130 valence electrons. The van der Waals surface area contributed by atoms with Crippen molar-refractivity contribution in [2.45, 2.75) is 26.5 Å². The molecule has 0 aliphatic heterocycles. The number of benzene rings is 1. The maximum atomic E-state index is 12.4. The highest BCUT2D eigenvalue weighted by Crippen LogP contribution is 2.26. The van der Waals surface area contributed by atoms with Crippen molar-refractivity contribution in [3.63, 3.8) is 0 Å². The van der Waals surface area contributed by atoms with Gasteiger partial charge in [-0.05, 0) is 32.0 Å². The van der Waals surface area contributed by atoms with E-state index in [1.807, 2.05) is 13.8 Å². The molecule has 2 aromatic heterocycles. The smallest absolute Gasteiger partial charge is 0.387 e. The van der Waals surface area contributed by atoms with Crippen molar-refractivity contribution in [3.05, 3.63) is 48.3 Å². The van der Waals surface area contributed by atoms with Crippen LogP contribution in [-0.4, -0.2) is 27.3 Å². The highest BCUT2D eigenvalue weighted by molar-refractivity contribution is 6.06. The van der Waals surface area contributed by atoms with Crippen LogP contribution in [-0.2, 0) is 0 Å². The highest BCUT2D eigenvalue weighted by Gasteiger charge is 2.15. The molecule has 1 N–H and O–H groups in total. The molecule has 0 fully saturated rings. The van der Waals surface area contributed by atoms with E-state index in [4.69, 9.17) is 0 Å². The number of anilines is 1. The molecular formula is C17H16F2N4O2. The third-order valence-electron chi connectivity index (χ3n) is 3.54. The number of halogens is 2. The minimum Gasteiger partial charge on any atom is -0.433 e. The second-order valence-corrected chi connectivity index (χ2v) is 5.65. The van der Waals surface area contributed by atoms with E-state index in [-0.39, 0.29) is 17.5 Å². The number of para-hydroxylation sites is 2. The van der Waals surface area contributed by atoms with Crippen LogP contribution < -0.4 is 10.1 Å². The molecule has 0 aliphatic rings. The van der Waals surface area contributed by atoms with Crippen LogP contribution in [0.1, 0.15) is 30.2 Å². The zero-order valence-electron chi connectivity index (χ0n) is 13.6. The summed E-state index contributed by atoms with van der Waals surface area (Å²) in [5.74, 6) is -0.579. The van der Waals surface area contributed by atoms with Crippen LogP contribution in [0.2, 0.25) is 0 Å². The second kappa shape index (κ2) is 6.84. The van der Waals surface area contributed by atoms with Crippen molar-refractivity contribution >= 4 is 22.6 Å². The maximum Gasteiger partial charge on any atom is 0.387 e. The molecule has 8 heteroatoms. The molecule has 0 bridgehead atoms. The Hall–Kier alpha value is -3.03. The van der Waals surface area contributed by atoms with Crippen molar-refractivity contribution in [2.24, 2.45) is 0 Å². The first-order chi connectivity index (χ1) is 12.0. The number of amides is 1. The fourth-order valence-electron chi connectivity index (χ4n) is 2.41. The summed E-state index contributed by atoms with van der Waals surface area (Å²) < 4.78 is 31.1. The van der Waals surface area contributed by atoms with Crippen LogP contribution in [0, 0.1) is 0 Å². The summed E-state index contributed by atoms with van der Waals surface area (Å²) in [5, 5.41) is 7.53. The Labute approximate surface area is 142 Å². The summed E-state index contributed by atoms with van der Waals surface area (Å²) in [6.45, 7) is 0.988. The highest BCUT2D eigenvalue weighted by atomic mass is 19.3. The molecule has 6 nitrogen and oxygen atoms in total. The summed E-state index contributed by atoms with van der Waals surface area (Å²) in [7, 11) is 0. The van der Waals surface area contributed by atoms with Gasteiger partial charge in [0.05, 0.1) is 17.4 Å². The molecule has 25 heavy (non-hydrogen) atoms. The minimum atomic E-state index is -2.97. The summed E-state index contributed by atoms with van der Waals surface area (Å²) in [4.78, 5) is 16.7. The fourth-order valence-corrected chi connectivity index (χ4v) is 2.41. The maximum absolute atomic E-state index is 12.4. The number of pyridine rings is 1. The quantitative estimate of drug-likeness (QED) is 0.761. The van der Waals surface area contributed by atoms with Crippen LogP contribution in [0.4, 0.5) is 14.5 Å². The van der Waals surface area contributed by atoms with E-state index in [1.165, 1.54) is 18.3 Å². The molecule has 0 spiro atoms. The predicted octanol–water partition coefficient (Wildman–Crippen LogP) is 3.87. The standard InChI is InChI=1S/C17H16F2N4O2/c1-10(2)23-15-11(9-21-23)7-12(8-20-15)16(24)22-13-5-3-4-6-14(13)25-17(18)19/h3-10,17H,1-2H3,(H,22,24). The van der Waals surface area contributed by atoms with Gasteiger partial charge in [-0.2, -0.15) is 13.9 Å². The van der Waals surface area contributed by atoms with Gasteiger partial charge in [0, 0.05) is 17.6 Å². The van der Waals surface area contributed by atoms with Gasteiger partial charge >= 0.3 is 6.61 Å². The molecule has 0 unspecified atom stereocenters. The number of carbonyl (C=O) groups excluding carboxylic acids is 1. The number of rotatable bonds is 5. The van der Waals surface area contributed by atoms with Gasteiger partial charge in [-0.1, -0.05) is 12.1 Å². The van der Waals surface area contributed by atoms with E-state index in [0.29, 0.717) is 11.2 Å². The summed E-state index contributed by atoms with van der Waals surface area (Å²) >= 11 is 0. The summed E-state index contributed by atoms with van der Waals surface area (Å²) in [6, 6.07) is 7.79. The third-order valence-corrected chi connectivity index (χ3v) is 3.54. The number of ether oxygens (including phenoxy) is 1. The van der Waals surface area contributed by atoms with Crippen LogP contribution in [0.15, 0.2) is 42.7 Å². The third kappa shape index (κ3) is 3.57. The van der Waals surface area contributed by atoms with E-state index >= 15 is 0 Å². The van der Waals surface area contributed by atoms with Gasteiger partial charge < -0.3 is 10.1 Å². The fraction of sp³-hybridized carbons (Fsp3) is 0.235. The number of nitrogens with one attached hydrogen (secondary N) is 1. The average molecular weight is 346 g/mol. The molecule has 0 saturated carbocycles. The SMILES string of the molecule is CC(C)n1ncc2cc(C(=O)Nc3ccccc3OC(F)F)cnc21. The Bertz CT molecular complexity index is 909. The number of carbonyl (C=O) groups is 1. The van der Waals surface area contributed by atoms with Crippen molar-refractivity contribution in [2.75, 3.05) is 5.32 Å². The first-order valence-corrected chi connectivity index (χ1v) is 7.64. The Morgan fingerprint density at radius 3 is 2.72 bits per heavy atom. The molecule has 3 aromatic rings.